The molecule has 0 saturated heterocycles. The van der Waals surface area contributed by atoms with Crippen molar-refractivity contribution in [2.24, 2.45) is 4.99 Å². The predicted molar refractivity (Wildman–Crippen MR) is 74.9 cm³/mol. The Morgan fingerprint density at radius 3 is 2.16 bits per heavy atom. The van der Waals surface area contributed by atoms with Gasteiger partial charge in [-0.05, 0) is 12.5 Å². The van der Waals surface area contributed by atoms with Crippen LogP contribution in [-0.2, 0) is 10.3 Å². The van der Waals surface area contributed by atoms with E-state index in [4.69, 9.17) is 0 Å². The Hall–Kier alpha value is -2.42. The molecule has 0 aromatic heterocycles. The van der Waals surface area contributed by atoms with Gasteiger partial charge >= 0.3 is 0 Å². The Bertz CT molecular complexity index is 634. The first kappa shape index (κ1) is 11.7. The Morgan fingerprint density at radius 1 is 0.947 bits per heavy atom. The predicted octanol–water partition coefficient (Wildman–Crippen LogP) is 2.48. The molecule has 0 fully saturated rings. The first-order valence-electron chi connectivity index (χ1n) is 6.22. The fourth-order valence-corrected chi connectivity index (χ4v) is 2.22. The standard InChI is InChI=1S/C16H14N2O/c1-16(13-10-6-3-7-11-13)15(19)17-14(18-16)12-8-4-2-5-9-12/h2-11H,1H3,(H,17,18,19). The van der Waals surface area contributed by atoms with Crippen molar-refractivity contribution in [3.05, 3.63) is 71.8 Å². The molecule has 0 bridgehead atoms. The van der Waals surface area contributed by atoms with Crippen LogP contribution < -0.4 is 5.32 Å². The van der Waals surface area contributed by atoms with Crippen molar-refractivity contribution >= 4 is 11.7 Å². The van der Waals surface area contributed by atoms with Gasteiger partial charge in [0.15, 0.2) is 5.54 Å². The summed E-state index contributed by atoms with van der Waals surface area (Å²) in [6.45, 7) is 1.84. The number of benzene rings is 2. The zero-order valence-corrected chi connectivity index (χ0v) is 10.6. The first-order valence-corrected chi connectivity index (χ1v) is 6.22. The minimum Gasteiger partial charge on any atom is -0.308 e. The molecule has 1 atom stereocenters. The highest BCUT2D eigenvalue weighted by molar-refractivity contribution is 6.15. The summed E-state index contributed by atoms with van der Waals surface area (Å²) in [5.74, 6) is 0.550. The van der Waals surface area contributed by atoms with Gasteiger partial charge in [-0.1, -0.05) is 60.7 Å². The molecule has 1 N–H and O–H groups in total. The molecule has 94 valence electrons. The molecule has 0 spiro atoms. The summed E-state index contributed by atoms with van der Waals surface area (Å²) < 4.78 is 0. The van der Waals surface area contributed by atoms with Crippen LogP contribution in [0.4, 0.5) is 0 Å². The number of carbonyl (C=O) groups excluding carboxylic acids is 1. The van der Waals surface area contributed by atoms with Gasteiger partial charge in [0.05, 0.1) is 0 Å². The van der Waals surface area contributed by atoms with Crippen molar-refractivity contribution in [2.75, 3.05) is 0 Å². The highest BCUT2D eigenvalue weighted by Crippen LogP contribution is 2.29. The zero-order valence-electron chi connectivity index (χ0n) is 10.6. The second kappa shape index (κ2) is 4.35. The number of aliphatic imine (C=N–C) groups is 1. The van der Waals surface area contributed by atoms with Gasteiger partial charge in [-0.2, -0.15) is 0 Å². The summed E-state index contributed by atoms with van der Waals surface area (Å²) in [5, 5.41) is 2.87. The quantitative estimate of drug-likeness (QED) is 0.874. The minimum absolute atomic E-state index is 0.0856. The van der Waals surface area contributed by atoms with Crippen LogP contribution in [0.15, 0.2) is 65.7 Å². The maximum absolute atomic E-state index is 12.3. The molecule has 1 heterocycles. The third-order valence-electron chi connectivity index (χ3n) is 3.39. The highest BCUT2D eigenvalue weighted by Gasteiger charge is 2.40. The van der Waals surface area contributed by atoms with Crippen molar-refractivity contribution in [3.8, 4) is 0 Å². The fraction of sp³-hybridized carbons (Fsp3) is 0.125. The van der Waals surface area contributed by atoms with Gasteiger partial charge in [-0.3, -0.25) is 4.79 Å². The maximum atomic E-state index is 12.3. The molecular formula is C16H14N2O. The highest BCUT2D eigenvalue weighted by atomic mass is 16.2. The number of hydrogen-bond acceptors (Lipinski definition) is 2. The van der Waals surface area contributed by atoms with Crippen LogP contribution in [0.1, 0.15) is 18.1 Å². The van der Waals surface area contributed by atoms with Crippen molar-refractivity contribution in [2.45, 2.75) is 12.5 Å². The Labute approximate surface area is 112 Å². The van der Waals surface area contributed by atoms with E-state index in [0.717, 1.165) is 11.1 Å². The lowest BCUT2D eigenvalue weighted by molar-refractivity contribution is -0.123. The lowest BCUT2D eigenvalue weighted by Crippen LogP contribution is -2.35. The average Bonchev–Trinajstić information content (AvgIpc) is 2.78. The van der Waals surface area contributed by atoms with Gasteiger partial charge < -0.3 is 5.32 Å². The summed E-state index contributed by atoms with van der Waals surface area (Å²) in [4.78, 5) is 16.9. The van der Waals surface area contributed by atoms with E-state index in [1.807, 2.05) is 67.6 Å². The van der Waals surface area contributed by atoms with Crippen molar-refractivity contribution in [3.63, 3.8) is 0 Å². The minimum atomic E-state index is -0.841. The lowest BCUT2D eigenvalue weighted by Gasteiger charge is -2.17. The van der Waals surface area contributed by atoms with Crippen LogP contribution in [0.5, 0.6) is 0 Å². The number of amidine groups is 1. The molecule has 0 aliphatic carbocycles. The van der Waals surface area contributed by atoms with Crippen molar-refractivity contribution in [1.82, 2.24) is 5.32 Å². The molecule has 1 amide bonds. The summed E-state index contributed by atoms with van der Waals surface area (Å²) >= 11 is 0. The summed E-state index contributed by atoms with van der Waals surface area (Å²) in [6.07, 6.45) is 0. The molecule has 1 aliphatic heterocycles. The van der Waals surface area contributed by atoms with Crippen molar-refractivity contribution in [1.29, 1.82) is 0 Å². The van der Waals surface area contributed by atoms with Gasteiger partial charge in [0.25, 0.3) is 5.91 Å². The molecule has 3 rings (SSSR count). The van der Waals surface area contributed by atoms with Crippen molar-refractivity contribution < 1.29 is 4.79 Å². The second-order valence-electron chi connectivity index (χ2n) is 4.72. The zero-order chi connectivity index (χ0) is 13.3. The molecule has 2 aromatic rings. The molecule has 1 unspecified atom stereocenters. The van der Waals surface area contributed by atoms with E-state index >= 15 is 0 Å². The Morgan fingerprint density at radius 2 is 1.53 bits per heavy atom. The van der Waals surface area contributed by atoms with Crippen LogP contribution in [-0.4, -0.2) is 11.7 Å². The largest absolute Gasteiger partial charge is 0.308 e. The first-order chi connectivity index (χ1) is 9.20. The van der Waals surface area contributed by atoms with Gasteiger partial charge in [0, 0.05) is 5.56 Å². The van der Waals surface area contributed by atoms with Crippen LogP contribution in [0.25, 0.3) is 0 Å². The second-order valence-corrected chi connectivity index (χ2v) is 4.72. The van der Waals surface area contributed by atoms with Crippen LogP contribution in [0, 0.1) is 0 Å². The summed E-state index contributed by atoms with van der Waals surface area (Å²) in [5.41, 5.74) is 0.987. The lowest BCUT2D eigenvalue weighted by atomic mass is 9.93. The van der Waals surface area contributed by atoms with E-state index < -0.39 is 5.54 Å². The van der Waals surface area contributed by atoms with Crippen LogP contribution in [0.3, 0.4) is 0 Å². The summed E-state index contributed by atoms with van der Waals surface area (Å²) in [6, 6.07) is 19.3. The SMILES string of the molecule is CC1(c2ccccc2)N=C(c2ccccc2)NC1=O. The van der Waals surface area contributed by atoms with Crippen LogP contribution >= 0.6 is 0 Å². The molecular weight excluding hydrogens is 236 g/mol. The molecule has 3 nitrogen and oxygen atoms in total. The molecule has 19 heavy (non-hydrogen) atoms. The monoisotopic (exact) mass is 250 g/mol. The third kappa shape index (κ3) is 1.93. The fourth-order valence-electron chi connectivity index (χ4n) is 2.22. The number of carbonyl (C=O) groups is 1. The number of hydrogen-bond donors (Lipinski definition) is 1. The van der Waals surface area contributed by atoms with Gasteiger partial charge in [-0.25, -0.2) is 4.99 Å². The number of amides is 1. The number of nitrogens with one attached hydrogen (secondary N) is 1. The maximum Gasteiger partial charge on any atom is 0.257 e. The molecule has 1 aliphatic rings. The number of rotatable bonds is 2. The van der Waals surface area contributed by atoms with Gasteiger partial charge in [-0.15, -0.1) is 0 Å². The normalized spacial score (nSPS) is 21.9. The van der Waals surface area contributed by atoms with E-state index in [-0.39, 0.29) is 5.91 Å². The topological polar surface area (TPSA) is 41.5 Å². The Kier molecular flexibility index (Phi) is 2.67. The summed E-state index contributed by atoms with van der Waals surface area (Å²) in [7, 11) is 0. The van der Waals surface area contributed by atoms with E-state index in [9.17, 15) is 4.79 Å². The Balaban J connectivity index is 2.05. The molecule has 0 radical (unpaired) electrons. The van der Waals surface area contributed by atoms with Crippen LogP contribution in [0.2, 0.25) is 0 Å². The van der Waals surface area contributed by atoms with E-state index in [0.29, 0.717) is 5.84 Å². The van der Waals surface area contributed by atoms with Gasteiger partial charge in [0.1, 0.15) is 5.84 Å². The molecule has 2 aromatic carbocycles. The number of nitrogens with zero attached hydrogens (tertiary/aromatic N) is 1. The molecule has 0 saturated carbocycles. The smallest absolute Gasteiger partial charge is 0.257 e. The van der Waals surface area contributed by atoms with E-state index in [1.54, 1.807) is 0 Å². The van der Waals surface area contributed by atoms with Gasteiger partial charge in [0.2, 0.25) is 0 Å². The average molecular weight is 250 g/mol. The third-order valence-corrected chi connectivity index (χ3v) is 3.39. The van der Waals surface area contributed by atoms with E-state index in [2.05, 4.69) is 10.3 Å². The molecule has 3 heteroatoms. The van der Waals surface area contributed by atoms with E-state index in [1.165, 1.54) is 0 Å².